The van der Waals surface area contributed by atoms with Gasteiger partial charge in [0.25, 0.3) is 0 Å². The van der Waals surface area contributed by atoms with Crippen molar-refractivity contribution < 1.29 is 14.3 Å². The topological polar surface area (TPSA) is 84.7 Å². The quantitative estimate of drug-likeness (QED) is 0.686. The van der Waals surface area contributed by atoms with Crippen LogP contribution in [-0.4, -0.2) is 28.9 Å². The van der Waals surface area contributed by atoms with Crippen LogP contribution in [0.1, 0.15) is 27.3 Å². The normalized spacial score (nSPS) is 10.6. The molecular formula is C19H20N4O3. The third-order valence-corrected chi connectivity index (χ3v) is 4.13. The number of carbonyl (C=O) groups excluding carboxylic acids is 2. The molecule has 2 aromatic heterocycles. The fourth-order valence-electron chi connectivity index (χ4n) is 2.82. The number of amides is 1. The van der Waals surface area contributed by atoms with Crippen LogP contribution in [0.5, 0.6) is 0 Å². The minimum atomic E-state index is -0.517. The third-order valence-electron chi connectivity index (χ3n) is 4.13. The zero-order valence-electron chi connectivity index (χ0n) is 14.9. The SMILES string of the molecule is COC(=O)Nc1ccc(C)cc1CNc1cccn2c(C=O)c(C)nc12. The Labute approximate surface area is 151 Å². The zero-order valence-corrected chi connectivity index (χ0v) is 14.9. The smallest absolute Gasteiger partial charge is 0.411 e. The summed E-state index contributed by atoms with van der Waals surface area (Å²) in [7, 11) is 1.33. The Balaban J connectivity index is 1.90. The maximum atomic E-state index is 11.5. The highest BCUT2D eigenvalue weighted by molar-refractivity contribution is 5.86. The van der Waals surface area contributed by atoms with E-state index in [2.05, 4.69) is 20.4 Å². The number of aldehydes is 1. The molecule has 0 spiro atoms. The van der Waals surface area contributed by atoms with Crippen molar-refractivity contribution in [1.29, 1.82) is 0 Å². The Morgan fingerprint density at radius 3 is 2.81 bits per heavy atom. The molecule has 1 amide bonds. The Hall–Kier alpha value is -3.35. The van der Waals surface area contributed by atoms with Crippen LogP contribution in [-0.2, 0) is 11.3 Å². The molecule has 0 saturated heterocycles. The van der Waals surface area contributed by atoms with Crippen LogP contribution in [0.25, 0.3) is 5.65 Å². The molecule has 0 unspecified atom stereocenters. The van der Waals surface area contributed by atoms with Crippen LogP contribution in [0.3, 0.4) is 0 Å². The lowest BCUT2D eigenvalue weighted by atomic mass is 10.1. The van der Waals surface area contributed by atoms with Gasteiger partial charge in [-0.3, -0.25) is 14.5 Å². The second-order valence-electron chi connectivity index (χ2n) is 5.95. The molecule has 0 bridgehead atoms. The Morgan fingerprint density at radius 1 is 1.27 bits per heavy atom. The lowest BCUT2D eigenvalue weighted by molar-refractivity contribution is 0.111. The van der Waals surface area contributed by atoms with Gasteiger partial charge in [0.15, 0.2) is 11.9 Å². The highest BCUT2D eigenvalue weighted by atomic mass is 16.5. The van der Waals surface area contributed by atoms with Gasteiger partial charge in [-0.05, 0) is 37.6 Å². The van der Waals surface area contributed by atoms with Crippen LogP contribution in [0.4, 0.5) is 16.2 Å². The van der Waals surface area contributed by atoms with Gasteiger partial charge in [0.1, 0.15) is 5.69 Å². The van der Waals surface area contributed by atoms with E-state index in [4.69, 9.17) is 0 Å². The molecule has 0 radical (unpaired) electrons. The van der Waals surface area contributed by atoms with E-state index in [0.29, 0.717) is 29.3 Å². The minimum absolute atomic E-state index is 0.475. The summed E-state index contributed by atoms with van der Waals surface area (Å²) < 4.78 is 6.43. The molecule has 1 aromatic carbocycles. The molecule has 0 atom stereocenters. The van der Waals surface area contributed by atoms with E-state index in [0.717, 1.165) is 23.1 Å². The molecule has 0 aliphatic heterocycles. The zero-order chi connectivity index (χ0) is 18.7. The molecule has 3 aromatic rings. The number of fused-ring (bicyclic) bond motifs is 1. The van der Waals surface area contributed by atoms with E-state index in [9.17, 15) is 9.59 Å². The van der Waals surface area contributed by atoms with Crippen LogP contribution >= 0.6 is 0 Å². The van der Waals surface area contributed by atoms with E-state index in [1.807, 2.05) is 37.3 Å². The Bertz CT molecular complexity index is 978. The first kappa shape index (κ1) is 17.5. The van der Waals surface area contributed by atoms with Gasteiger partial charge in [-0.2, -0.15) is 0 Å². The first-order valence-electron chi connectivity index (χ1n) is 8.14. The number of methoxy groups -OCH3 is 1. The van der Waals surface area contributed by atoms with Gasteiger partial charge >= 0.3 is 6.09 Å². The largest absolute Gasteiger partial charge is 0.453 e. The molecular weight excluding hydrogens is 332 g/mol. The summed E-state index contributed by atoms with van der Waals surface area (Å²) in [6, 6.07) is 9.51. The van der Waals surface area contributed by atoms with Crippen molar-refractivity contribution in [2.45, 2.75) is 20.4 Å². The molecule has 0 fully saturated rings. The van der Waals surface area contributed by atoms with Crippen molar-refractivity contribution in [3.8, 4) is 0 Å². The second kappa shape index (κ2) is 7.26. The number of aryl methyl sites for hydroxylation is 2. The number of aromatic nitrogens is 2. The van der Waals surface area contributed by atoms with Crippen LogP contribution in [0.15, 0.2) is 36.5 Å². The van der Waals surface area contributed by atoms with Gasteiger partial charge < -0.3 is 10.1 Å². The molecule has 2 heterocycles. The van der Waals surface area contributed by atoms with Crippen molar-refractivity contribution in [2.75, 3.05) is 17.7 Å². The molecule has 7 nitrogen and oxygen atoms in total. The van der Waals surface area contributed by atoms with Crippen molar-refractivity contribution in [3.05, 3.63) is 59.0 Å². The number of anilines is 2. The second-order valence-corrected chi connectivity index (χ2v) is 5.95. The summed E-state index contributed by atoms with van der Waals surface area (Å²) >= 11 is 0. The third kappa shape index (κ3) is 3.37. The number of hydrogen-bond donors (Lipinski definition) is 2. The number of ether oxygens (including phenoxy) is 1. The standard InChI is InChI=1S/C19H20N4O3/c1-12-6-7-15(22-19(25)26-3)14(9-12)10-20-16-5-4-8-23-17(11-24)13(2)21-18(16)23/h4-9,11,20H,10H2,1-3H3,(H,22,25). The van der Waals surface area contributed by atoms with Gasteiger partial charge in [0.05, 0.1) is 18.5 Å². The summed E-state index contributed by atoms with van der Waals surface area (Å²) in [5, 5.41) is 6.05. The first-order valence-corrected chi connectivity index (χ1v) is 8.14. The fourth-order valence-corrected chi connectivity index (χ4v) is 2.82. The Kier molecular flexibility index (Phi) is 4.88. The number of pyridine rings is 1. The molecule has 0 aliphatic carbocycles. The highest BCUT2D eigenvalue weighted by Crippen LogP contribution is 2.23. The number of benzene rings is 1. The lowest BCUT2D eigenvalue weighted by Gasteiger charge is -2.13. The van der Waals surface area contributed by atoms with Gasteiger partial charge in [0, 0.05) is 18.4 Å². The van der Waals surface area contributed by atoms with E-state index in [1.165, 1.54) is 7.11 Å². The van der Waals surface area contributed by atoms with Crippen LogP contribution < -0.4 is 10.6 Å². The first-order chi connectivity index (χ1) is 12.5. The number of carbonyl (C=O) groups is 2. The maximum absolute atomic E-state index is 11.5. The van der Waals surface area contributed by atoms with Crippen molar-refractivity contribution >= 4 is 29.4 Å². The molecule has 26 heavy (non-hydrogen) atoms. The predicted octanol–water partition coefficient (Wildman–Crippen LogP) is 3.55. The number of hydrogen-bond acceptors (Lipinski definition) is 5. The summed E-state index contributed by atoms with van der Waals surface area (Å²) in [4.78, 5) is 27.3. The van der Waals surface area contributed by atoms with E-state index >= 15 is 0 Å². The van der Waals surface area contributed by atoms with E-state index in [1.54, 1.807) is 17.5 Å². The van der Waals surface area contributed by atoms with Crippen molar-refractivity contribution in [2.24, 2.45) is 0 Å². The average Bonchev–Trinajstić information content (AvgIpc) is 2.97. The molecule has 2 N–H and O–H groups in total. The summed E-state index contributed by atoms with van der Waals surface area (Å²) in [5.74, 6) is 0. The summed E-state index contributed by atoms with van der Waals surface area (Å²) in [6.45, 7) is 4.27. The summed E-state index contributed by atoms with van der Waals surface area (Å²) in [5.41, 5.74) is 5.36. The molecule has 0 aliphatic rings. The van der Waals surface area contributed by atoms with Crippen LogP contribution in [0.2, 0.25) is 0 Å². The van der Waals surface area contributed by atoms with E-state index in [-0.39, 0.29) is 0 Å². The molecule has 134 valence electrons. The summed E-state index contributed by atoms with van der Waals surface area (Å²) in [6.07, 6.45) is 2.09. The lowest BCUT2D eigenvalue weighted by Crippen LogP contribution is -2.14. The number of imidazole rings is 1. The van der Waals surface area contributed by atoms with Crippen LogP contribution in [0, 0.1) is 13.8 Å². The minimum Gasteiger partial charge on any atom is -0.453 e. The van der Waals surface area contributed by atoms with Gasteiger partial charge in [-0.1, -0.05) is 17.7 Å². The number of nitrogens with zero attached hydrogens (tertiary/aromatic N) is 2. The van der Waals surface area contributed by atoms with Crippen molar-refractivity contribution in [3.63, 3.8) is 0 Å². The van der Waals surface area contributed by atoms with Gasteiger partial charge in [0.2, 0.25) is 0 Å². The van der Waals surface area contributed by atoms with E-state index < -0.39 is 6.09 Å². The fraction of sp³-hybridized carbons (Fsp3) is 0.211. The van der Waals surface area contributed by atoms with Crippen molar-refractivity contribution in [1.82, 2.24) is 9.38 Å². The van der Waals surface area contributed by atoms with Gasteiger partial charge in [-0.15, -0.1) is 0 Å². The highest BCUT2D eigenvalue weighted by Gasteiger charge is 2.12. The molecule has 3 rings (SSSR count). The number of nitrogens with one attached hydrogen (secondary N) is 2. The average molecular weight is 352 g/mol. The Morgan fingerprint density at radius 2 is 2.08 bits per heavy atom. The molecule has 0 saturated carbocycles. The number of rotatable bonds is 5. The predicted molar refractivity (Wildman–Crippen MR) is 99.8 cm³/mol. The monoisotopic (exact) mass is 352 g/mol. The van der Waals surface area contributed by atoms with Gasteiger partial charge in [-0.25, -0.2) is 9.78 Å². The molecule has 7 heteroatoms. The maximum Gasteiger partial charge on any atom is 0.411 e.